The highest BCUT2D eigenvalue weighted by Gasteiger charge is 2.22. The third-order valence-electron chi connectivity index (χ3n) is 2.85. The molecule has 21 heavy (non-hydrogen) atoms. The first-order chi connectivity index (χ1) is 9.85. The Hall–Kier alpha value is -1.36. The van der Waals surface area contributed by atoms with Crippen LogP contribution in [0.25, 0.3) is 0 Å². The van der Waals surface area contributed by atoms with Crippen molar-refractivity contribution in [3.63, 3.8) is 0 Å². The van der Waals surface area contributed by atoms with Gasteiger partial charge >= 0.3 is 5.97 Å². The first-order valence-electron chi connectivity index (χ1n) is 7.06. The Labute approximate surface area is 134 Å². The number of carbonyl (C=O) groups is 2. The molecule has 116 valence electrons. The molecule has 1 rings (SSSR count). The molecule has 1 aromatic carbocycles. The highest BCUT2D eigenvalue weighted by molar-refractivity contribution is 9.10. The molecule has 0 N–H and O–H groups in total. The average molecular weight is 356 g/mol. The maximum Gasteiger partial charge on any atom is 0.325 e. The van der Waals surface area contributed by atoms with Crippen molar-refractivity contribution in [3.8, 4) is 0 Å². The normalized spacial score (nSPS) is 10.6. The molecule has 0 unspecified atom stereocenters. The molecule has 0 saturated heterocycles. The molecule has 0 aromatic heterocycles. The summed E-state index contributed by atoms with van der Waals surface area (Å²) in [7, 11) is 0. The molecule has 0 fully saturated rings. The standard InChI is InChI=1S/C16H22BrNO3/c1-5-21-15(19)10-18(9-11(2)3)16(20)13-8-12(4)6-7-14(13)17/h6-8,11H,5,9-10H2,1-4H3. The number of nitrogens with zero attached hydrogens (tertiary/aromatic N) is 1. The summed E-state index contributed by atoms with van der Waals surface area (Å²) in [5.41, 5.74) is 1.57. The van der Waals surface area contributed by atoms with Crippen LogP contribution in [-0.4, -0.2) is 36.5 Å². The Bertz CT molecular complexity index is 514. The highest BCUT2D eigenvalue weighted by atomic mass is 79.9. The topological polar surface area (TPSA) is 46.6 Å². The van der Waals surface area contributed by atoms with Gasteiger partial charge in [-0.15, -0.1) is 0 Å². The lowest BCUT2D eigenvalue weighted by Gasteiger charge is -2.24. The van der Waals surface area contributed by atoms with Gasteiger partial charge in [0.25, 0.3) is 5.91 Å². The van der Waals surface area contributed by atoms with Crippen LogP contribution >= 0.6 is 15.9 Å². The summed E-state index contributed by atoms with van der Waals surface area (Å²) in [6.07, 6.45) is 0. The number of hydrogen-bond acceptors (Lipinski definition) is 3. The molecule has 0 atom stereocenters. The minimum absolute atomic E-state index is 0.0226. The second kappa shape index (κ2) is 8.17. The third kappa shape index (κ3) is 5.50. The fourth-order valence-electron chi connectivity index (χ4n) is 2.00. The van der Waals surface area contributed by atoms with Gasteiger partial charge in [0.05, 0.1) is 12.2 Å². The largest absolute Gasteiger partial charge is 0.465 e. The van der Waals surface area contributed by atoms with Crippen molar-refractivity contribution < 1.29 is 14.3 Å². The van der Waals surface area contributed by atoms with Crippen LogP contribution < -0.4 is 0 Å². The Morgan fingerprint density at radius 2 is 2.00 bits per heavy atom. The highest BCUT2D eigenvalue weighted by Crippen LogP contribution is 2.20. The van der Waals surface area contributed by atoms with Crippen LogP contribution in [0.1, 0.15) is 36.7 Å². The van der Waals surface area contributed by atoms with E-state index >= 15 is 0 Å². The van der Waals surface area contributed by atoms with Crippen LogP contribution in [0.15, 0.2) is 22.7 Å². The Morgan fingerprint density at radius 3 is 2.57 bits per heavy atom. The van der Waals surface area contributed by atoms with Crippen LogP contribution in [0.4, 0.5) is 0 Å². The van der Waals surface area contributed by atoms with Crippen molar-refractivity contribution >= 4 is 27.8 Å². The van der Waals surface area contributed by atoms with E-state index in [-0.39, 0.29) is 24.3 Å². The molecule has 0 aliphatic heterocycles. The lowest BCUT2D eigenvalue weighted by Crippen LogP contribution is -2.39. The zero-order chi connectivity index (χ0) is 16.0. The third-order valence-corrected chi connectivity index (χ3v) is 3.54. The number of carbonyl (C=O) groups excluding carboxylic acids is 2. The van der Waals surface area contributed by atoms with Gasteiger partial charge in [0.2, 0.25) is 0 Å². The predicted molar refractivity (Wildman–Crippen MR) is 86.3 cm³/mol. The smallest absolute Gasteiger partial charge is 0.325 e. The average Bonchev–Trinajstić information content (AvgIpc) is 2.39. The van der Waals surface area contributed by atoms with E-state index < -0.39 is 0 Å². The second-order valence-corrected chi connectivity index (χ2v) is 6.22. The molecule has 0 saturated carbocycles. The lowest BCUT2D eigenvalue weighted by molar-refractivity contribution is -0.143. The van der Waals surface area contributed by atoms with Crippen molar-refractivity contribution in [1.29, 1.82) is 0 Å². The van der Waals surface area contributed by atoms with E-state index in [1.54, 1.807) is 11.8 Å². The van der Waals surface area contributed by atoms with Crippen LogP contribution in [0.5, 0.6) is 0 Å². The van der Waals surface area contributed by atoms with E-state index in [0.717, 1.165) is 10.0 Å². The van der Waals surface area contributed by atoms with Crippen LogP contribution in [0, 0.1) is 12.8 Å². The van der Waals surface area contributed by atoms with E-state index in [2.05, 4.69) is 15.9 Å². The molecule has 4 nitrogen and oxygen atoms in total. The maximum absolute atomic E-state index is 12.7. The Kier molecular flexibility index (Phi) is 6.89. The molecule has 1 amide bonds. The van der Waals surface area contributed by atoms with Crippen molar-refractivity contribution in [2.24, 2.45) is 5.92 Å². The lowest BCUT2D eigenvalue weighted by atomic mass is 10.1. The van der Waals surface area contributed by atoms with E-state index in [1.807, 2.05) is 39.0 Å². The van der Waals surface area contributed by atoms with Gasteiger partial charge in [0.15, 0.2) is 0 Å². The SMILES string of the molecule is CCOC(=O)CN(CC(C)C)C(=O)c1cc(C)ccc1Br. The molecular formula is C16H22BrNO3. The van der Waals surface area contributed by atoms with Gasteiger partial charge in [0.1, 0.15) is 6.54 Å². The number of esters is 1. The van der Waals surface area contributed by atoms with Crippen molar-refractivity contribution in [3.05, 3.63) is 33.8 Å². The zero-order valence-electron chi connectivity index (χ0n) is 13.0. The van der Waals surface area contributed by atoms with Crippen molar-refractivity contribution in [2.45, 2.75) is 27.7 Å². The van der Waals surface area contributed by atoms with Gasteiger partial charge < -0.3 is 9.64 Å². The summed E-state index contributed by atoms with van der Waals surface area (Å²) < 4.78 is 5.68. The number of amides is 1. The van der Waals surface area contributed by atoms with Gasteiger partial charge in [-0.05, 0) is 47.8 Å². The molecule has 1 aromatic rings. The Morgan fingerprint density at radius 1 is 1.33 bits per heavy atom. The zero-order valence-corrected chi connectivity index (χ0v) is 14.6. The predicted octanol–water partition coefficient (Wildman–Crippen LogP) is 3.42. The number of rotatable bonds is 6. The van der Waals surface area contributed by atoms with Gasteiger partial charge in [-0.3, -0.25) is 9.59 Å². The molecule has 0 heterocycles. The molecule has 5 heteroatoms. The first kappa shape index (κ1) is 17.7. The van der Waals surface area contributed by atoms with E-state index in [0.29, 0.717) is 18.7 Å². The summed E-state index contributed by atoms with van der Waals surface area (Å²) >= 11 is 3.40. The maximum atomic E-state index is 12.7. The Balaban J connectivity index is 2.98. The summed E-state index contributed by atoms with van der Waals surface area (Å²) in [4.78, 5) is 25.9. The molecule has 0 aliphatic rings. The molecular weight excluding hydrogens is 334 g/mol. The van der Waals surface area contributed by atoms with E-state index in [1.165, 1.54) is 0 Å². The van der Waals surface area contributed by atoms with Gasteiger partial charge in [-0.2, -0.15) is 0 Å². The van der Waals surface area contributed by atoms with Crippen LogP contribution in [0.2, 0.25) is 0 Å². The summed E-state index contributed by atoms with van der Waals surface area (Å²) in [5.74, 6) is -0.269. The second-order valence-electron chi connectivity index (χ2n) is 5.37. The fourth-order valence-corrected chi connectivity index (χ4v) is 2.41. The quantitative estimate of drug-likeness (QED) is 0.734. The number of hydrogen-bond donors (Lipinski definition) is 0. The number of aryl methyl sites for hydroxylation is 1. The minimum atomic E-state index is -0.379. The van der Waals surface area contributed by atoms with Gasteiger partial charge in [-0.25, -0.2) is 0 Å². The molecule has 0 radical (unpaired) electrons. The minimum Gasteiger partial charge on any atom is -0.465 e. The van der Waals surface area contributed by atoms with Gasteiger partial charge in [-0.1, -0.05) is 25.5 Å². The molecule has 0 spiro atoms. The van der Waals surface area contributed by atoms with Crippen LogP contribution in [0.3, 0.4) is 0 Å². The first-order valence-corrected chi connectivity index (χ1v) is 7.85. The van der Waals surface area contributed by atoms with Gasteiger partial charge in [0, 0.05) is 11.0 Å². The molecule has 0 aliphatic carbocycles. The van der Waals surface area contributed by atoms with Crippen molar-refractivity contribution in [1.82, 2.24) is 4.90 Å². The van der Waals surface area contributed by atoms with Crippen LogP contribution in [-0.2, 0) is 9.53 Å². The molecule has 0 bridgehead atoms. The monoisotopic (exact) mass is 355 g/mol. The van der Waals surface area contributed by atoms with E-state index in [4.69, 9.17) is 4.74 Å². The number of ether oxygens (including phenoxy) is 1. The number of halogens is 1. The fraction of sp³-hybridized carbons (Fsp3) is 0.500. The van der Waals surface area contributed by atoms with Crippen molar-refractivity contribution in [2.75, 3.05) is 19.7 Å². The number of benzene rings is 1. The van der Waals surface area contributed by atoms with E-state index in [9.17, 15) is 9.59 Å². The summed E-state index contributed by atoms with van der Waals surface area (Å²) in [6, 6.07) is 5.60. The summed E-state index contributed by atoms with van der Waals surface area (Å²) in [5, 5.41) is 0. The summed E-state index contributed by atoms with van der Waals surface area (Å²) in [6.45, 7) is 8.51.